The van der Waals surface area contributed by atoms with Crippen LogP contribution in [0.1, 0.15) is 40.5 Å². The smallest absolute Gasteiger partial charge is 0.127 e. The van der Waals surface area contributed by atoms with Gasteiger partial charge in [0.05, 0.1) is 0 Å². The van der Waals surface area contributed by atoms with Crippen LogP contribution < -0.4 is 10.6 Å². The molecule has 1 rings (SSSR count). The lowest BCUT2D eigenvalue weighted by Gasteiger charge is -2.27. The van der Waals surface area contributed by atoms with E-state index in [2.05, 4.69) is 49.4 Å². The van der Waals surface area contributed by atoms with Crippen LogP contribution >= 0.6 is 0 Å². The molecule has 0 aromatic carbocycles. The topological polar surface area (TPSA) is 37.0 Å². The summed E-state index contributed by atoms with van der Waals surface area (Å²) in [4.78, 5) is 4.25. The van der Waals surface area contributed by atoms with Gasteiger partial charge in [-0.25, -0.2) is 4.98 Å². The van der Waals surface area contributed by atoms with Gasteiger partial charge in [0, 0.05) is 30.0 Å². The van der Waals surface area contributed by atoms with Crippen molar-refractivity contribution >= 4 is 11.5 Å². The van der Waals surface area contributed by atoms with Crippen molar-refractivity contribution < 1.29 is 0 Å². The number of anilines is 2. The average molecular weight is 221 g/mol. The molecule has 1 heterocycles. The van der Waals surface area contributed by atoms with Crippen LogP contribution in [-0.2, 0) is 0 Å². The summed E-state index contributed by atoms with van der Waals surface area (Å²) >= 11 is 0. The van der Waals surface area contributed by atoms with Crippen LogP contribution in [-0.4, -0.2) is 17.1 Å². The summed E-state index contributed by atoms with van der Waals surface area (Å²) in [5, 5.41) is 6.75. The van der Waals surface area contributed by atoms with E-state index < -0.39 is 0 Å². The Kier molecular flexibility index (Phi) is 4.59. The first-order valence-electron chi connectivity index (χ1n) is 6.05. The second-order valence-electron chi connectivity index (χ2n) is 4.72. The molecule has 0 aliphatic heterocycles. The van der Waals surface area contributed by atoms with Crippen LogP contribution in [0, 0.1) is 0 Å². The molecule has 0 radical (unpaired) electrons. The van der Waals surface area contributed by atoms with Gasteiger partial charge in [-0.15, -0.1) is 0 Å². The maximum Gasteiger partial charge on any atom is 0.127 e. The van der Waals surface area contributed by atoms with Crippen molar-refractivity contribution in [2.45, 2.75) is 46.1 Å². The van der Waals surface area contributed by atoms with Crippen molar-refractivity contribution in [1.29, 1.82) is 0 Å². The molecule has 0 aliphatic rings. The van der Waals surface area contributed by atoms with Gasteiger partial charge < -0.3 is 10.6 Å². The molecule has 16 heavy (non-hydrogen) atoms. The SMILES string of the molecule is CCCC(C)(C)Nc1ccnc(NCC)c1. The molecule has 0 bridgehead atoms. The van der Waals surface area contributed by atoms with Gasteiger partial charge in [-0.3, -0.25) is 0 Å². The summed E-state index contributed by atoms with van der Waals surface area (Å²) in [5.74, 6) is 0.930. The highest BCUT2D eigenvalue weighted by molar-refractivity contribution is 5.53. The monoisotopic (exact) mass is 221 g/mol. The summed E-state index contributed by atoms with van der Waals surface area (Å²) in [7, 11) is 0. The van der Waals surface area contributed by atoms with Crippen molar-refractivity contribution in [2.24, 2.45) is 0 Å². The van der Waals surface area contributed by atoms with Crippen LogP contribution in [0.3, 0.4) is 0 Å². The molecule has 0 spiro atoms. The van der Waals surface area contributed by atoms with Crippen LogP contribution in [0.2, 0.25) is 0 Å². The van der Waals surface area contributed by atoms with E-state index in [9.17, 15) is 0 Å². The van der Waals surface area contributed by atoms with E-state index >= 15 is 0 Å². The zero-order valence-electron chi connectivity index (χ0n) is 10.8. The van der Waals surface area contributed by atoms with Gasteiger partial charge in [0.25, 0.3) is 0 Å². The number of nitrogens with zero attached hydrogens (tertiary/aromatic N) is 1. The molecule has 0 saturated carbocycles. The van der Waals surface area contributed by atoms with Crippen molar-refractivity contribution in [3.63, 3.8) is 0 Å². The third-order valence-electron chi connectivity index (χ3n) is 2.48. The maximum atomic E-state index is 4.25. The van der Waals surface area contributed by atoms with E-state index in [0.29, 0.717) is 0 Å². The lowest BCUT2D eigenvalue weighted by Crippen LogP contribution is -2.30. The molecule has 0 aliphatic carbocycles. The minimum absolute atomic E-state index is 0.138. The zero-order chi connectivity index (χ0) is 12.0. The molecule has 0 saturated heterocycles. The highest BCUT2D eigenvalue weighted by Gasteiger charge is 2.15. The number of hydrogen-bond acceptors (Lipinski definition) is 3. The fourth-order valence-electron chi connectivity index (χ4n) is 1.86. The quantitative estimate of drug-likeness (QED) is 0.772. The van der Waals surface area contributed by atoms with Crippen molar-refractivity contribution in [3.8, 4) is 0 Å². The summed E-state index contributed by atoms with van der Waals surface area (Å²) in [5.41, 5.74) is 1.27. The Hall–Kier alpha value is -1.25. The van der Waals surface area contributed by atoms with E-state index in [1.807, 2.05) is 12.3 Å². The van der Waals surface area contributed by atoms with Gasteiger partial charge in [0.2, 0.25) is 0 Å². The maximum absolute atomic E-state index is 4.25. The molecular weight excluding hydrogens is 198 g/mol. The van der Waals surface area contributed by atoms with Gasteiger partial charge in [-0.2, -0.15) is 0 Å². The summed E-state index contributed by atoms with van der Waals surface area (Å²) in [6.07, 6.45) is 4.18. The van der Waals surface area contributed by atoms with E-state index in [-0.39, 0.29) is 5.54 Å². The highest BCUT2D eigenvalue weighted by atomic mass is 15.0. The Morgan fingerprint density at radius 1 is 1.31 bits per heavy atom. The van der Waals surface area contributed by atoms with Crippen molar-refractivity contribution in [3.05, 3.63) is 18.3 Å². The molecule has 0 amide bonds. The van der Waals surface area contributed by atoms with Crippen LogP contribution in [0.4, 0.5) is 11.5 Å². The fraction of sp³-hybridized carbons (Fsp3) is 0.615. The molecule has 1 aromatic heterocycles. The summed E-state index contributed by atoms with van der Waals surface area (Å²) < 4.78 is 0. The second kappa shape index (κ2) is 5.73. The molecule has 3 nitrogen and oxygen atoms in total. The van der Waals surface area contributed by atoms with E-state index in [1.54, 1.807) is 0 Å². The molecule has 90 valence electrons. The Balaban J connectivity index is 2.69. The van der Waals surface area contributed by atoms with E-state index in [4.69, 9.17) is 0 Å². The van der Waals surface area contributed by atoms with E-state index in [1.165, 1.54) is 6.42 Å². The first kappa shape index (κ1) is 12.8. The minimum Gasteiger partial charge on any atom is -0.380 e. The first-order chi connectivity index (χ1) is 7.57. The zero-order valence-corrected chi connectivity index (χ0v) is 10.8. The first-order valence-corrected chi connectivity index (χ1v) is 6.05. The van der Waals surface area contributed by atoms with Gasteiger partial charge in [0.15, 0.2) is 0 Å². The molecular formula is C13H23N3. The van der Waals surface area contributed by atoms with Crippen molar-refractivity contribution in [1.82, 2.24) is 4.98 Å². The molecule has 1 aromatic rings. The second-order valence-corrected chi connectivity index (χ2v) is 4.72. The van der Waals surface area contributed by atoms with Crippen LogP contribution in [0.15, 0.2) is 18.3 Å². The Morgan fingerprint density at radius 2 is 2.06 bits per heavy atom. The number of rotatable bonds is 6. The predicted octanol–water partition coefficient (Wildman–Crippen LogP) is 3.50. The van der Waals surface area contributed by atoms with Gasteiger partial charge in [0.1, 0.15) is 5.82 Å². The van der Waals surface area contributed by atoms with Crippen LogP contribution in [0.5, 0.6) is 0 Å². The fourth-order valence-corrected chi connectivity index (χ4v) is 1.86. The molecule has 0 unspecified atom stereocenters. The standard InChI is InChI=1S/C13H23N3/c1-5-8-13(3,4)16-11-7-9-15-12(10-11)14-6-2/h7,9-10H,5-6,8H2,1-4H3,(H2,14,15,16). The largest absolute Gasteiger partial charge is 0.380 e. The lowest BCUT2D eigenvalue weighted by atomic mass is 9.98. The van der Waals surface area contributed by atoms with E-state index in [0.717, 1.165) is 24.5 Å². The highest BCUT2D eigenvalue weighted by Crippen LogP contribution is 2.20. The third kappa shape index (κ3) is 4.09. The molecule has 2 N–H and O–H groups in total. The number of aromatic nitrogens is 1. The minimum atomic E-state index is 0.138. The van der Waals surface area contributed by atoms with Crippen molar-refractivity contribution in [2.75, 3.05) is 17.2 Å². The molecule has 3 heteroatoms. The van der Waals surface area contributed by atoms with Gasteiger partial charge >= 0.3 is 0 Å². The van der Waals surface area contributed by atoms with Gasteiger partial charge in [-0.1, -0.05) is 13.3 Å². The number of pyridine rings is 1. The third-order valence-corrected chi connectivity index (χ3v) is 2.48. The Labute approximate surface area is 98.7 Å². The average Bonchev–Trinajstić information content (AvgIpc) is 2.17. The van der Waals surface area contributed by atoms with Crippen LogP contribution in [0.25, 0.3) is 0 Å². The van der Waals surface area contributed by atoms with Gasteiger partial charge in [-0.05, 0) is 33.3 Å². The number of nitrogens with one attached hydrogen (secondary N) is 2. The molecule has 0 atom stereocenters. The molecule has 0 fully saturated rings. The number of hydrogen-bond donors (Lipinski definition) is 2. The Bertz CT molecular complexity index is 321. The Morgan fingerprint density at radius 3 is 2.69 bits per heavy atom. The lowest BCUT2D eigenvalue weighted by molar-refractivity contribution is 0.511. The summed E-state index contributed by atoms with van der Waals surface area (Å²) in [6.45, 7) is 9.63. The predicted molar refractivity (Wildman–Crippen MR) is 71.0 cm³/mol. The summed E-state index contributed by atoms with van der Waals surface area (Å²) in [6, 6.07) is 4.07. The normalized spacial score (nSPS) is 11.2.